The van der Waals surface area contributed by atoms with Gasteiger partial charge in [0.2, 0.25) is 0 Å². The summed E-state index contributed by atoms with van der Waals surface area (Å²) < 4.78 is 7.15. The van der Waals surface area contributed by atoms with Gasteiger partial charge in [0.15, 0.2) is 0 Å². The predicted molar refractivity (Wildman–Crippen MR) is 52.4 cm³/mol. The van der Waals surface area contributed by atoms with Crippen LogP contribution < -0.4 is 4.74 Å². The lowest BCUT2D eigenvalue weighted by molar-refractivity contribution is 0.411. The Hall–Kier alpha value is -0.0200. The van der Waals surface area contributed by atoms with Crippen LogP contribution in [0.4, 0.5) is 0 Å². The van der Waals surface area contributed by atoms with Crippen LogP contribution in [0.1, 0.15) is 6.92 Å². The fourth-order valence-electron chi connectivity index (χ4n) is 0.713. The van der Waals surface area contributed by atoms with E-state index >= 15 is 0 Å². The molecule has 0 aliphatic carbocycles. The van der Waals surface area contributed by atoms with E-state index in [9.17, 15) is 0 Å². The number of ether oxygens (including phenoxy) is 1. The summed E-state index contributed by atoms with van der Waals surface area (Å²) in [6.07, 6.45) is 0. The van der Waals surface area contributed by atoms with Gasteiger partial charge < -0.3 is 4.74 Å². The molecule has 0 aliphatic rings. The molecule has 1 rings (SSSR count). The molecule has 0 unspecified atom stereocenters. The highest BCUT2D eigenvalue weighted by molar-refractivity contribution is 9.11. The standard InChI is InChI=1S/C8H7Br2O/c1-2-11-8-6(9)4-3-5-7(8)10/h2-5H,1H3. The van der Waals surface area contributed by atoms with E-state index in [4.69, 9.17) is 4.74 Å². The van der Waals surface area contributed by atoms with Gasteiger partial charge in [0.1, 0.15) is 12.4 Å². The first-order chi connectivity index (χ1) is 5.25. The molecule has 0 aromatic heterocycles. The van der Waals surface area contributed by atoms with Gasteiger partial charge in [-0.3, -0.25) is 0 Å². The van der Waals surface area contributed by atoms with Gasteiger partial charge in [0.05, 0.1) is 8.95 Å². The Morgan fingerprint density at radius 2 is 1.82 bits per heavy atom. The zero-order valence-electron chi connectivity index (χ0n) is 5.97. The van der Waals surface area contributed by atoms with Gasteiger partial charge >= 0.3 is 0 Å². The van der Waals surface area contributed by atoms with E-state index in [2.05, 4.69) is 31.9 Å². The molecule has 1 aromatic rings. The number of rotatable bonds is 2. The third-order valence-corrected chi connectivity index (χ3v) is 2.40. The lowest BCUT2D eigenvalue weighted by Crippen LogP contribution is -1.87. The van der Waals surface area contributed by atoms with Gasteiger partial charge in [-0.05, 0) is 50.9 Å². The Labute approximate surface area is 83.0 Å². The van der Waals surface area contributed by atoms with Crippen LogP contribution in [0.25, 0.3) is 0 Å². The molecular weight excluding hydrogens is 272 g/mol. The lowest BCUT2D eigenvalue weighted by Gasteiger charge is -2.06. The molecule has 0 saturated carbocycles. The second-order valence-electron chi connectivity index (χ2n) is 1.90. The van der Waals surface area contributed by atoms with Gasteiger partial charge in [-0.25, -0.2) is 0 Å². The zero-order chi connectivity index (χ0) is 8.27. The normalized spacial score (nSPS) is 9.73. The van der Waals surface area contributed by atoms with Gasteiger partial charge in [-0.1, -0.05) is 6.07 Å². The first-order valence-electron chi connectivity index (χ1n) is 3.14. The molecule has 1 aromatic carbocycles. The Morgan fingerprint density at radius 1 is 1.27 bits per heavy atom. The van der Waals surface area contributed by atoms with Crippen molar-refractivity contribution in [1.29, 1.82) is 0 Å². The smallest absolute Gasteiger partial charge is 0.148 e. The van der Waals surface area contributed by atoms with E-state index in [1.165, 1.54) is 0 Å². The molecule has 1 radical (unpaired) electrons. The third-order valence-electron chi connectivity index (χ3n) is 1.15. The molecule has 0 amide bonds. The SMILES string of the molecule is C[CH]Oc1c(Br)cccc1Br. The summed E-state index contributed by atoms with van der Waals surface area (Å²) in [7, 11) is 0. The summed E-state index contributed by atoms with van der Waals surface area (Å²) in [5.74, 6) is 0.815. The van der Waals surface area contributed by atoms with Crippen molar-refractivity contribution in [3.8, 4) is 5.75 Å². The minimum Gasteiger partial charge on any atom is -0.484 e. The average Bonchev–Trinajstić information content (AvgIpc) is 1.97. The van der Waals surface area contributed by atoms with Crippen molar-refractivity contribution in [3.63, 3.8) is 0 Å². The highest BCUT2D eigenvalue weighted by Gasteiger charge is 2.03. The molecule has 0 N–H and O–H groups in total. The third kappa shape index (κ3) is 2.20. The summed E-state index contributed by atoms with van der Waals surface area (Å²) in [5.41, 5.74) is 0. The van der Waals surface area contributed by atoms with Crippen LogP contribution in [0.3, 0.4) is 0 Å². The largest absolute Gasteiger partial charge is 0.484 e. The molecule has 0 atom stereocenters. The van der Waals surface area contributed by atoms with Crippen molar-refractivity contribution in [3.05, 3.63) is 33.8 Å². The van der Waals surface area contributed by atoms with Crippen LogP contribution in [0.15, 0.2) is 27.1 Å². The first kappa shape index (κ1) is 9.07. The molecule has 0 fully saturated rings. The monoisotopic (exact) mass is 277 g/mol. The minimum atomic E-state index is 0.815. The molecule has 1 nitrogen and oxygen atoms in total. The molecule has 0 bridgehead atoms. The number of benzene rings is 1. The van der Waals surface area contributed by atoms with E-state index in [0.717, 1.165) is 14.7 Å². The molecule has 0 heterocycles. The summed E-state index contributed by atoms with van der Waals surface area (Å²) in [6, 6.07) is 5.81. The summed E-state index contributed by atoms with van der Waals surface area (Å²) in [5, 5.41) is 0. The molecule has 0 aliphatic heterocycles. The maximum Gasteiger partial charge on any atom is 0.148 e. The van der Waals surface area contributed by atoms with E-state index < -0.39 is 0 Å². The van der Waals surface area contributed by atoms with Crippen molar-refractivity contribution in [2.45, 2.75) is 6.92 Å². The number of hydrogen-bond acceptors (Lipinski definition) is 1. The van der Waals surface area contributed by atoms with Crippen molar-refractivity contribution < 1.29 is 4.74 Å². The summed E-state index contributed by atoms with van der Waals surface area (Å²) in [4.78, 5) is 0. The Morgan fingerprint density at radius 3 is 2.27 bits per heavy atom. The minimum absolute atomic E-state index is 0.815. The molecule has 0 saturated heterocycles. The fraction of sp³-hybridized carbons (Fsp3) is 0.125. The van der Waals surface area contributed by atoms with Gasteiger partial charge in [-0.15, -0.1) is 0 Å². The van der Waals surface area contributed by atoms with Crippen molar-refractivity contribution >= 4 is 31.9 Å². The Bertz CT molecular complexity index is 228. The second kappa shape index (κ2) is 4.12. The molecule has 11 heavy (non-hydrogen) atoms. The average molecular weight is 279 g/mol. The van der Waals surface area contributed by atoms with Crippen LogP contribution in [0, 0.1) is 6.61 Å². The first-order valence-corrected chi connectivity index (χ1v) is 4.73. The van der Waals surface area contributed by atoms with E-state index in [1.807, 2.05) is 25.1 Å². The van der Waals surface area contributed by atoms with E-state index in [0.29, 0.717) is 0 Å². The Balaban J connectivity index is 3.00. The van der Waals surface area contributed by atoms with Gasteiger partial charge in [0, 0.05) is 0 Å². The van der Waals surface area contributed by atoms with Gasteiger partial charge in [0.25, 0.3) is 0 Å². The number of halogens is 2. The fourth-order valence-corrected chi connectivity index (χ4v) is 1.90. The molecular formula is C8H7Br2O. The van der Waals surface area contributed by atoms with E-state index in [1.54, 1.807) is 6.61 Å². The van der Waals surface area contributed by atoms with Crippen LogP contribution in [0.5, 0.6) is 5.75 Å². The highest BCUT2D eigenvalue weighted by Crippen LogP contribution is 2.33. The lowest BCUT2D eigenvalue weighted by atomic mass is 10.3. The van der Waals surface area contributed by atoms with Gasteiger partial charge in [-0.2, -0.15) is 0 Å². The molecule has 59 valence electrons. The van der Waals surface area contributed by atoms with Crippen LogP contribution in [-0.4, -0.2) is 0 Å². The molecule has 3 heteroatoms. The maximum atomic E-state index is 5.25. The van der Waals surface area contributed by atoms with Crippen LogP contribution in [0.2, 0.25) is 0 Å². The van der Waals surface area contributed by atoms with E-state index in [-0.39, 0.29) is 0 Å². The summed E-state index contributed by atoms with van der Waals surface area (Å²) in [6.45, 7) is 3.48. The number of para-hydroxylation sites is 1. The maximum absolute atomic E-state index is 5.25. The zero-order valence-corrected chi connectivity index (χ0v) is 9.15. The van der Waals surface area contributed by atoms with Crippen molar-refractivity contribution in [2.24, 2.45) is 0 Å². The second-order valence-corrected chi connectivity index (χ2v) is 3.61. The predicted octanol–water partition coefficient (Wildman–Crippen LogP) is 3.77. The topological polar surface area (TPSA) is 9.23 Å². The quantitative estimate of drug-likeness (QED) is 0.800. The summed E-state index contributed by atoms with van der Waals surface area (Å²) >= 11 is 6.75. The van der Waals surface area contributed by atoms with Crippen LogP contribution in [-0.2, 0) is 0 Å². The van der Waals surface area contributed by atoms with Crippen molar-refractivity contribution in [1.82, 2.24) is 0 Å². The molecule has 0 spiro atoms. The van der Waals surface area contributed by atoms with Crippen LogP contribution >= 0.6 is 31.9 Å². The van der Waals surface area contributed by atoms with Crippen molar-refractivity contribution in [2.75, 3.05) is 0 Å². The number of hydrogen-bond donors (Lipinski definition) is 0. The Kier molecular flexibility index (Phi) is 3.40. The highest BCUT2D eigenvalue weighted by atomic mass is 79.9.